The van der Waals surface area contributed by atoms with E-state index in [0.29, 0.717) is 23.3 Å². The average molecular weight is 619 g/mol. The molecule has 0 saturated carbocycles. The van der Waals surface area contributed by atoms with Crippen molar-refractivity contribution >= 4 is 33.7 Å². The second kappa shape index (κ2) is 17.9. The fourth-order valence-electron chi connectivity index (χ4n) is 4.93. The molecule has 0 spiro atoms. The van der Waals surface area contributed by atoms with Crippen molar-refractivity contribution in [3.8, 4) is 5.75 Å². The summed E-state index contributed by atoms with van der Waals surface area (Å²) < 4.78 is 15.5. The Morgan fingerprint density at radius 1 is 0.689 bits per heavy atom. The molecule has 0 fully saturated rings. The number of amides is 1. The Balaban J connectivity index is 0.000000327. The van der Waals surface area contributed by atoms with Crippen molar-refractivity contribution in [1.29, 1.82) is 0 Å². The van der Waals surface area contributed by atoms with Gasteiger partial charge in [-0.25, -0.2) is 4.79 Å². The normalized spacial score (nSPS) is 11.6. The number of oxazole rings is 1. The summed E-state index contributed by atoms with van der Waals surface area (Å²) >= 11 is 0. The first-order valence-electron chi connectivity index (χ1n) is 14.7. The van der Waals surface area contributed by atoms with E-state index in [0.717, 1.165) is 41.8 Å². The molecule has 246 valence electrons. The summed E-state index contributed by atoms with van der Waals surface area (Å²) in [6.07, 6.45) is 4.93. The van der Waals surface area contributed by atoms with E-state index in [2.05, 4.69) is 64.0 Å². The zero-order chi connectivity index (χ0) is 30.2. The Morgan fingerprint density at radius 2 is 1.24 bits per heavy atom. The van der Waals surface area contributed by atoms with E-state index in [1.54, 1.807) is 6.26 Å². The van der Waals surface area contributed by atoms with Crippen LogP contribution in [0.1, 0.15) is 80.5 Å². The Morgan fingerprint density at radius 3 is 1.87 bits per heavy atom. The molecule has 2 N–H and O–H groups in total. The van der Waals surface area contributed by atoms with Crippen molar-refractivity contribution in [2.45, 2.75) is 83.1 Å². The quantitative estimate of drug-likeness (QED) is 0.197. The highest BCUT2D eigenvalue weighted by Gasteiger charge is 2.16. The number of carbonyl (C=O) groups excluding carboxylic acids is 1. The van der Waals surface area contributed by atoms with E-state index in [9.17, 15) is 9.59 Å². The van der Waals surface area contributed by atoms with Crippen LogP contribution in [0.15, 0.2) is 80.6 Å². The summed E-state index contributed by atoms with van der Waals surface area (Å²) in [5.74, 6) is 2.27. The molecule has 3 aromatic carbocycles. The van der Waals surface area contributed by atoms with E-state index >= 15 is 0 Å². The standard InChI is InChI=1S/C12H15NO2.C12H14O.C11H13NO2.3CH4/c1-8(2)5-9-3-4-10-11(6-9)15-7-12(14)13-10;1-9(2)7-10-3-4-12-11(8-10)5-6-13-12;1-7(2)5-8-3-4-10-9(6-8)12-11(13)14-10;;;/h3-4,6,8H,5,7H2,1-2H3,(H,13,14);3-6,8-9H,7H2,1-2H3;3-4,6-7H,5H2,1-2H3,(H,12,13);3*1H4. The zero-order valence-corrected chi connectivity index (χ0v) is 25.5. The summed E-state index contributed by atoms with van der Waals surface area (Å²) in [5, 5.41) is 3.98. The summed E-state index contributed by atoms with van der Waals surface area (Å²) in [5.41, 5.74) is 7.04. The van der Waals surface area contributed by atoms with Gasteiger partial charge in [-0.05, 0) is 96.2 Å². The predicted octanol–water partition coefficient (Wildman–Crippen LogP) is 10.1. The molecule has 0 atom stereocenters. The minimum absolute atomic E-state index is 0. The van der Waals surface area contributed by atoms with Gasteiger partial charge in [0.15, 0.2) is 12.2 Å². The second-order valence-electron chi connectivity index (χ2n) is 12.1. The number of nitrogens with one attached hydrogen (secondary N) is 2. The molecule has 0 bridgehead atoms. The summed E-state index contributed by atoms with van der Waals surface area (Å²) in [7, 11) is 0. The van der Waals surface area contributed by atoms with Crippen LogP contribution in [-0.4, -0.2) is 17.5 Å². The number of furan rings is 1. The van der Waals surface area contributed by atoms with E-state index in [-0.39, 0.29) is 40.6 Å². The molecule has 1 aliphatic rings. The topological polar surface area (TPSA) is 97.5 Å². The number of ether oxygens (including phenoxy) is 1. The van der Waals surface area contributed by atoms with E-state index in [1.165, 1.54) is 22.1 Å². The summed E-state index contributed by atoms with van der Waals surface area (Å²) in [6, 6.07) is 20.2. The van der Waals surface area contributed by atoms with Crippen LogP contribution in [-0.2, 0) is 24.1 Å². The van der Waals surface area contributed by atoms with Gasteiger partial charge in [0.1, 0.15) is 11.3 Å². The SMILES string of the molecule is C.C.C.CC(C)Cc1ccc2c(c1)OCC(=O)N2.CC(C)Cc1ccc2oc(=O)[nH]c2c1.CC(C)Cc1ccc2occc2c1. The van der Waals surface area contributed by atoms with Crippen LogP contribution in [0.3, 0.4) is 0 Å². The van der Waals surface area contributed by atoms with Gasteiger partial charge in [0.25, 0.3) is 5.91 Å². The monoisotopic (exact) mass is 618 g/mol. The number of hydrogen-bond acceptors (Lipinski definition) is 5. The Kier molecular flexibility index (Phi) is 15.4. The number of hydrogen-bond donors (Lipinski definition) is 2. The molecule has 0 saturated heterocycles. The average Bonchev–Trinajstić information content (AvgIpc) is 3.53. The van der Waals surface area contributed by atoms with Gasteiger partial charge in [-0.3, -0.25) is 9.78 Å². The molecule has 1 aliphatic heterocycles. The maximum atomic E-state index is 11.1. The van der Waals surface area contributed by atoms with Crippen molar-refractivity contribution in [3.63, 3.8) is 0 Å². The van der Waals surface area contributed by atoms with Gasteiger partial charge < -0.3 is 18.9 Å². The van der Waals surface area contributed by atoms with Crippen LogP contribution >= 0.6 is 0 Å². The Hall–Kier alpha value is -4.26. The number of carbonyl (C=O) groups is 1. The lowest BCUT2D eigenvalue weighted by Crippen LogP contribution is -2.25. The number of aromatic amines is 1. The van der Waals surface area contributed by atoms with Gasteiger partial charge in [0, 0.05) is 5.39 Å². The van der Waals surface area contributed by atoms with Crippen LogP contribution in [0.5, 0.6) is 5.75 Å². The molecule has 0 unspecified atom stereocenters. The molecule has 2 aromatic heterocycles. The molecule has 0 radical (unpaired) electrons. The van der Waals surface area contributed by atoms with Crippen LogP contribution in [0.4, 0.5) is 5.69 Å². The van der Waals surface area contributed by atoms with E-state index in [1.807, 2.05) is 48.5 Å². The highest BCUT2D eigenvalue weighted by Crippen LogP contribution is 2.29. The zero-order valence-electron chi connectivity index (χ0n) is 25.5. The van der Waals surface area contributed by atoms with Crippen molar-refractivity contribution in [3.05, 3.63) is 94.2 Å². The van der Waals surface area contributed by atoms with Crippen LogP contribution in [0.25, 0.3) is 22.1 Å². The maximum absolute atomic E-state index is 11.1. The Bertz CT molecular complexity index is 1670. The number of anilines is 1. The van der Waals surface area contributed by atoms with Crippen LogP contribution < -0.4 is 15.8 Å². The lowest BCUT2D eigenvalue weighted by molar-refractivity contribution is -0.118. The number of fused-ring (bicyclic) bond motifs is 3. The molecule has 7 heteroatoms. The van der Waals surface area contributed by atoms with Crippen LogP contribution in [0.2, 0.25) is 0 Å². The van der Waals surface area contributed by atoms with Gasteiger partial charge in [-0.15, -0.1) is 0 Å². The minimum atomic E-state index is -0.387. The van der Waals surface area contributed by atoms with Crippen molar-refractivity contribution in [1.82, 2.24) is 4.98 Å². The third kappa shape index (κ3) is 11.6. The smallest absolute Gasteiger partial charge is 0.417 e. The molecule has 3 heterocycles. The molecule has 0 aliphatic carbocycles. The highest BCUT2D eigenvalue weighted by atomic mass is 16.5. The molecule has 5 aromatic rings. The van der Waals surface area contributed by atoms with Crippen molar-refractivity contribution in [2.75, 3.05) is 11.9 Å². The molecule has 6 rings (SSSR count). The molecular formula is C38H54N2O5. The summed E-state index contributed by atoms with van der Waals surface area (Å²) in [6.45, 7) is 13.3. The van der Waals surface area contributed by atoms with Gasteiger partial charge in [-0.1, -0.05) is 82.0 Å². The van der Waals surface area contributed by atoms with Gasteiger partial charge in [-0.2, -0.15) is 0 Å². The first kappa shape index (κ1) is 38.8. The lowest BCUT2D eigenvalue weighted by atomic mass is 10.0. The molecular weight excluding hydrogens is 564 g/mol. The fourth-order valence-corrected chi connectivity index (χ4v) is 4.93. The third-order valence-corrected chi connectivity index (χ3v) is 6.61. The fraction of sp³-hybridized carbons (Fsp3) is 0.421. The van der Waals surface area contributed by atoms with E-state index in [4.69, 9.17) is 13.6 Å². The minimum Gasteiger partial charge on any atom is -0.482 e. The largest absolute Gasteiger partial charge is 0.482 e. The van der Waals surface area contributed by atoms with Crippen LogP contribution in [0, 0.1) is 17.8 Å². The first-order chi connectivity index (χ1) is 20.0. The molecule has 45 heavy (non-hydrogen) atoms. The molecule has 7 nitrogen and oxygen atoms in total. The van der Waals surface area contributed by atoms with Gasteiger partial charge >= 0.3 is 5.76 Å². The number of rotatable bonds is 6. The van der Waals surface area contributed by atoms with Gasteiger partial charge in [0.05, 0.1) is 17.5 Å². The van der Waals surface area contributed by atoms with E-state index < -0.39 is 0 Å². The van der Waals surface area contributed by atoms with Crippen molar-refractivity contribution < 1.29 is 18.4 Å². The maximum Gasteiger partial charge on any atom is 0.417 e. The predicted molar refractivity (Wildman–Crippen MR) is 189 cm³/mol. The van der Waals surface area contributed by atoms with Crippen molar-refractivity contribution in [2.24, 2.45) is 17.8 Å². The Labute approximate surface area is 269 Å². The van der Waals surface area contributed by atoms with Gasteiger partial charge in [0.2, 0.25) is 0 Å². The number of aromatic nitrogens is 1. The number of benzene rings is 3. The number of H-pyrrole nitrogens is 1. The summed E-state index contributed by atoms with van der Waals surface area (Å²) in [4.78, 5) is 24.6. The highest BCUT2D eigenvalue weighted by molar-refractivity contribution is 5.95. The first-order valence-corrected chi connectivity index (χ1v) is 14.7. The lowest BCUT2D eigenvalue weighted by Gasteiger charge is -2.18. The third-order valence-electron chi connectivity index (χ3n) is 6.61. The second-order valence-corrected chi connectivity index (χ2v) is 12.1. The molecule has 1 amide bonds.